The van der Waals surface area contributed by atoms with Crippen molar-refractivity contribution in [2.24, 2.45) is 5.41 Å². The standard InChI is InChI=1S/C13H19ClN4/c1-10-8-11-12(15-6-7-18(11)17-10)16-9-13(2,3)4-5-14/h6-8H,4-5,9H2,1-3H3,(H,15,16). The number of aryl methyl sites for hydroxylation is 1. The summed E-state index contributed by atoms with van der Waals surface area (Å²) in [5.41, 5.74) is 2.16. The first-order chi connectivity index (χ1) is 8.52. The van der Waals surface area contributed by atoms with Gasteiger partial charge in [-0.3, -0.25) is 0 Å². The molecule has 5 heteroatoms. The SMILES string of the molecule is Cc1cc2c(NCC(C)(C)CCCl)nccn2n1. The van der Waals surface area contributed by atoms with Gasteiger partial charge in [0.1, 0.15) is 5.52 Å². The van der Waals surface area contributed by atoms with Crippen LogP contribution in [0, 0.1) is 12.3 Å². The Hall–Kier alpha value is -1.29. The van der Waals surface area contributed by atoms with Gasteiger partial charge >= 0.3 is 0 Å². The Bertz CT molecular complexity index is 533. The minimum absolute atomic E-state index is 0.158. The minimum Gasteiger partial charge on any atom is -0.368 e. The topological polar surface area (TPSA) is 42.2 Å². The molecule has 18 heavy (non-hydrogen) atoms. The maximum absolute atomic E-state index is 5.81. The molecule has 0 spiro atoms. The van der Waals surface area contributed by atoms with Crippen LogP contribution < -0.4 is 5.32 Å². The summed E-state index contributed by atoms with van der Waals surface area (Å²) in [4.78, 5) is 4.38. The Morgan fingerprint density at radius 1 is 1.44 bits per heavy atom. The quantitative estimate of drug-likeness (QED) is 0.846. The third-order valence-electron chi connectivity index (χ3n) is 3.02. The predicted molar refractivity (Wildman–Crippen MR) is 75.3 cm³/mol. The molecule has 0 saturated heterocycles. The molecule has 0 aliphatic carbocycles. The van der Waals surface area contributed by atoms with E-state index < -0.39 is 0 Å². The van der Waals surface area contributed by atoms with Crippen LogP contribution in [0.2, 0.25) is 0 Å². The highest BCUT2D eigenvalue weighted by Crippen LogP contribution is 2.23. The zero-order chi connectivity index (χ0) is 13.2. The first-order valence-electron chi connectivity index (χ1n) is 6.13. The molecule has 2 aromatic heterocycles. The molecule has 2 rings (SSSR count). The Balaban J connectivity index is 2.17. The molecule has 0 unspecified atom stereocenters. The van der Waals surface area contributed by atoms with Gasteiger partial charge in [0.15, 0.2) is 5.82 Å². The van der Waals surface area contributed by atoms with Gasteiger partial charge in [-0.1, -0.05) is 13.8 Å². The van der Waals surface area contributed by atoms with Crippen LogP contribution in [0.5, 0.6) is 0 Å². The smallest absolute Gasteiger partial charge is 0.152 e. The van der Waals surface area contributed by atoms with E-state index in [1.165, 1.54) is 0 Å². The molecule has 0 bridgehead atoms. The summed E-state index contributed by atoms with van der Waals surface area (Å²) < 4.78 is 1.85. The number of nitrogens with zero attached hydrogens (tertiary/aromatic N) is 3. The summed E-state index contributed by atoms with van der Waals surface area (Å²) in [6.45, 7) is 7.22. The second-order valence-electron chi connectivity index (χ2n) is 5.35. The van der Waals surface area contributed by atoms with E-state index in [-0.39, 0.29) is 5.41 Å². The molecule has 0 atom stereocenters. The fraction of sp³-hybridized carbons (Fsp3) is 0.538. The number of anilines is 1. The molecule has 0 fully saturated rings. The summed E-state index contributed by atoms with van der Waals surface area (Å²) in [6, 6.07) is 2.03. The zero-order valence-corrected chi connectivity index (χ0v) is 11.8. The van der Waals surface area contributed by atoms with Crippen molar-refractivity contribution in [2.75, 3.05) is 17.7 Å². The number of hydrogen-bond acceptors (Lipinski definition) is 3. The van der Waals surface area contributed by atoms with Crippen molar-refractivity contribution in [3.05, 3.63) is 24.2 Å². The monoisotopic (exact) mass is 266 g/mol. The lowest BCUT2D eigenvalue weighted by Gasteiger charge is -2.24. The molecule has 0 radical (unpaired) electrons. The van der Waals surface area contributed by atoms with Crippen LogP contribution in [-0.2, 0) is 0 Å². The maximum Gasteiger partial charge on any atom is 0.152 e. The fourth-order valence-electron chi connectivity index (χ4n) is 1.85. The average Bonchev–Trinajstić information content (AvgIpc) is 2.67. The van der Waals surface area contributed by atoms with Crippen molar-refractivity contribution in [1.29, 1.82) is 0 Å². The molecule has 0 saturated carbocycles. The van der Waals surface area contributed by atoms with Crippen LogP contribution in [0.4, 0.5) is 5.82 Å². The second-order valence-corrected chi connectivity index (χ2v) is 5.73. The molecule has 0 aromatic carbocycles. The maximum atomic E-state index is 5.81. The molecule has 2 aromatic rings. The lowest BCUT2D eigenvalue weighted by atomic mass is 9.90. The van der Waals surface area contributed by atoms with Gasteiger partial charge in [-0.25, -0.2) is 9.50 Å². The summed E-state index contributed by atoms with van der Waals surface area (Å²) in [5, 5.41) is 7.77. The van der Waals surface area contributed by atoms with E-state index in [1.54, 1.807) is 6.20 Å². The van der Waals surface area contributed by atoms with Crippen LogP contribution >= 0.6 is 11.6 Å². The second kappa shape index (κ2) is 5.14. The van der Waals surface area contributed by atoms with Gasteiger partial charge in [0, 0.05) is 24.8 Å². The molecular formula is C13H19ClN4. The Morgan fingerprint density at radius 3 is 2.94 bits per heavy atom. The number of rotatable bonds is 5. The molecule has 98 valence electrons. The van der Waals surface area contributed by atoms with Crippen molar-refractivity contribution >= 4 is 22.9 Å². The number of alkyl halides is 1. The van der Waals surface area contributed by atoms with Crippen molar-refractivity contribution in [3.8, 4) is 0 Å². The third-order valence-corrected chi connectivity index (χ3v) is 3.21. The number of fused-ring (bicyclic) bond motifs is 1. The first-order valence-corrected chi connectivity index (χ1v) is 6.66. The van der Waals surface area contributed by atoms with E-state index >= 15 is 0 Å². The van der Waals surface area contributed by atoms with E-state index in [0.29, 0.717) is 5.88 Å². The van der Waals surface area contributed by atoms with Gasteiger partial charge in [-0.15, -0.1) is 11.6 Å². The van der Waals surface area contributed by atoms with E-state index in [4.69, 9.17) is 11.6 Å². The van der Waals surface area contributed by atoms with Gasteiger partial charge in [-0.05, 0) is 24.8 Å². The van der Waals surface area contributed by atoms with Gasteiger partial charge < -0.3 is 5.32 Å². The number of halogens is 1. The van der Waals surface area contributed by atoms with Gasteiger partial charge in [-0.2, -0.15) is 5.10 Å². The molecule has 4 nitrogen and oxygen atoms in total. The van der Waals surface area contributed by atoms with Crippen molar-refractivity contribution in [1.82, 2.24) is 14.6 Å². The van der Waals surface area contributed by atoms with Crippen LogP contribution in [0.15, 0.2) is 18.5 Å². The normalized spacial score (nSPS) is 12.0. The van der Waals surface area contributed by atoms with E-state index in [1.807, 2.05) is 23.7 Å². The lowest BCUT2D eigenvalue weighted by Crippen LogP contribution is -2.24. The third kappa shape index (κ3) is 2.93. The summed E-state index contributed by atoms with van der Waals surface area (Å²) in [6.07, 6.45) is 4.59. The van der Waals surface area contributed by atoms with Crippen LogP contribution in [0.3, 0.4) is 0 Å². The van der Waals surface area contributed by atoms with E-state index in [2.05, 4.69) is 29.2 Å². The lowest BCUT2D eigenvalue weighted by molar-refractivity contribution is 0.379. The number of hydrogen-bond donors (Lipinski definition) is 1. The van der Waals surface area contributed by atoms with Crippen molar-refractivity contribution in [3.63, 3.8) is 0 Å². The van der Waals surface area contributed by atoms with Crippen LogP contribution in [0.25, 0.3) is 5.52 Å². The minimum atomic E-state index is 0.158. The van der Waals surface area contributed by atoms with Crippen molar-refractivity contribution < 1.29 is 0 Å². The zero-order valence-electron chi connectivity index (χ0n) is 11.1. The summed E-state index contributed by atoms with van der Waals surface area (Å²) in [7, 11) is 0. The first kappa shape index (κ1) is 13.1. The number of nitrogens with one attached hydrogen (secondary N) is 1. The molecule has 1 N–H and O–H groups in total. The van der Waals surface area contributed by atoms with Gasteiger partial charge in [0.2, 0.25) is 0 Å². The fourth-order valence-corrected chi connectivity index (χ4v) is 2.36. The Morgan fingerprint density at radius 2 is 2.22 bits per heavy atom. The highest BCUT2D eigenvalue weighted by molar-refractivity contribution is 6.17. The van der Waals surface area contributed by atoms with Gasteiger partial charge in [0.25, 0.3) is 0 Å². The van der Waals surface area contributed by atoms with E-state index in [9.17, 15) is 0 Å². The van der Waals surface area contributed by atoms with Crippen LogP contribution in [-0.4, -0.2) is 27.0 Å². The van der Waals surface area contributed by atoms with E-state index in [0.717, 1.165) is 30.0 Å². The van der Waals surface area contributed by atoms with Gasteiger partial charge in [0.05, 0.1) is 5.69 Å². The Labute approximate surface area is 112 Å². The Kier molecular flexibility index (Phi) is 3.76. The molecule has 0 amide bonds. The predicted octanol–water partition coefficient (Wildman–Crippen LogP) is 3.10. The molecule has 0 aliphatic heterocycles. The largest absolute Gasteiger partial charge is 0.368 e. The molecule has 0 aliphatic rings. The average molecular weight is 267 g/mol. The highest BCUT2D eigenvalue weighted by Gasteiger charge is 2.17. The highest BCUT2D eigenvalue weighted by atomic mass is 35.5. The molecular weight excluding hydrogens is 248 g/mol. The molecule has 2 heterocycles. The summed E-state index contributed by atoms with van der Waals surface area (Å²) in [5.74, 6) is 1.55. The van der Waals surface area contributed by atoms with Crippen molar-refractivity contribution in [2.45, 2.75) is 27.2 Å². The summed E-state index contributed by atoms with van der Waals surface area (Å²) >= 11 is 5.81. The number of aromatic nitrogens is 3. The van der Waals surface area contributed by atoms with Crippen LogP contribution in [0.1, 0.15) is 26.0 Å².